The Morgan fingerprint density at radius 3 is 2.72 bits per heavy atom. The van der Waals surface area contributed by atoms with E-state index >= 15 is 0 Å². The maximum Gasteiger partial charge on any atom is 0.255 e. The molecule has 0 radical (unpaired) electrons. The molecule has 0 bridgehead atoms. The fraction of sp³-hybridized carbons (Fsp3) is 0.263. The highest BCUT2D eigenvalue weighted by Crippen LogP contribution is 2.30. The Kier molecular flexibility index (Phi) is 4.95. The molecule has 0 unspecified atom stereocenters. The number of rotatable bonds is 4. The van der Waals surface area contributed by atoms with E-state index in [1.807, 2.05) is 13.0 Å². The van der Waals surface area contributed by atoms with E-state index in [0.717, 1.165) is 17.7 Å². The van der Waals surface area contributed by atoms with Crippen molar-refractivity contribution >= 4 is 34.8 Å². The topological polar surface area (TPSA) is 58.6 Å². The fourth-order valence-corrected chi connectivity index (χ4v) is 3.02. The lowest BCUT2D eigenvalue weighted by atomic mass is 10.1. The summed E-state index contributed by atoms with van der Waals surface area (Å²) in [5.74, 6) is 0.447. The van der Waals surface area contributed by atoms with Gasteiger partial charge in [0.1, 0.15) is 5.75 Å². The van der Waals surface area contributed by atoms with Crippen LogP contribution in [0.1, 0.15) is 28.8 Å². The SMILES string of the molecule is COc1cc(C(=O)Nc2cc(N3CCCC3=O)ccc2Cl)ccc1C. The second kappa shape index (κ2) is 7.15. The molecule has 0 spiro atoms. The molecule has 25 heavy (non-hydrogen) atoms. The van der Waals surface area contributed by atoms with Crippen molar-refractivity contribution in [1.82, 2.24) is 0 Å². The zero-order chi connectivity index (χ0) is 18.0. The van der Waals surface area contributed by atoms with Crippen LogP contribution in [-0.2, 0) is 4.79 Å². The van der Waals surface area contributed by atoms with Gasteiger partial charge in [0.05, 0.1) is 17.8 Å². The van der Waals surface area contributed by atoms with Gasteiger partial charge in [0, 0.05) is 24.2 Å². The summed E-state index contributed by atoms with van der Waals surface area (Å²) in [7, 11) is 1.57. The number of carbonyl (C=O) groups excluding carboxylic acids is 2. The van der Waals surface area contributed by atoms with Crippen LogP contribution >= 0.6 is 11.6 Å². The molecule has 1 fully saturated rings. The molecule has 1 aliphatic rings. The van der Waals surface area contributed by atoms with Crippen molar-refractivity contribution < 1.29 is 14.3 Å². The van der Waals surface area contributed by atoms with Crippen LogP contribution in [0.3, 0.4) is 0 Å². The van der Waals surface area contributed by atoms with Gasteiger partial charge in [-0.1, -0.05) is 17.7 Å². The summed E-state index contributed by atoms with van der Waals surface area (Å²) >= 11 is 6.21. The monoisotopic (exact) mass is 358 g/mol. The normalized spacial score (nSPS) is 13.9. The Hall–Kier alpha value is -2.53. The van der Waals surface area contributed by atoms with Gasteiger partial charge >= 0.3 is 0 Å². The molecule has 1 aliphatic heterocycles. The third-order valence-electron chi connectivity index (χ3n) is 4.25. The number of hydrogen-bond acceptors (Lipinski definition) is 3. The Morgan fingerprint density at radius 2 is 2.04 bits per heavy atom. The molecule has 2 aromatic carbocycles. The van der Waals surface area contributed by atoms with Crippen LogP contribution in [0.4, 0.5) is 11.4 Å². The summed E-state index contributed by atoms with van der Waals surface area (Å²) < 4.78 is 5.26. The van der Waals surface area contributed by atoms with Crippen LogP contribution in [0.2, 0.25) is 5.02 Å². The van der Waals surface area contributed by atoms with Gasteiger partial charge in [-0.15, -0.1) is 0 Å². The van der Waals surface area contributed by atoms with Crippen LogP contribution in [-0.4, -0.2) is 25.5 Å². The van der Waals surface area contributed by atoms with Gasteiger partial charge in [-0.25, -0.2) is 0 Å². The highest BCUT2D eigenvalue weighted by atomic mass is 35.5. The van der Waals surface area contributed by atoms with Crippen molar-refractivity contribution in [2.24, 2.45) is 0 Å². The van der Waals surface area contributed by atoms with Crippen LogP contribution < -0.4 is 15.0 Å². The van der Waals surface area contributed by atoms with Crippen molar-refractivity contribution in [3.63, 3.8) is 0 Å². The van der Waals surface area contributed by atoms with E-state index in [-0.39, 0.29) is 11.8 Å². The molecule has 130 valence electrons. The Labute approximate surface area is 151 Å². The lowest BCUT2D eigenvalue weighted by Crippen LogP contribution is -2.23. The zero-order valence-electron chi connectivity index (χ0n) is 14.1. The van der Waals surface area contributed by atoms with Gasteiger partial charge in [0.15, 0.2) is 0 Å². The minimum absolute atomic E-state index is 0.0860. The summed E-state index contributed by atoms with van der Waals surface area (Å²) in [6.07, 6.45) is 1.39. The van der Waals surface area contributed by atoms with Gasteiger partial charge in [0.2, 0.25) is 5.91 Å². The van der Waals surface area contributed by atoms with Crippen molar-refractivity contribution in [3.8, 4) is 5.75 Å². The predicted octanol–water partition coefficient (Wildman–Crippen LogP) is 4.04. The summed E-state index contributed by atoms with van der Waals surface area (Å²) in [6, 6.07) is 10.5. The van der Waals surface area contributed by atoms with Crippen LogP contribution in [0.5, 0.6) is 5.75 Å². The van der Waals surface area contributed by atoms with E-state index in [0.29, 0.717) is 35.0 Å². The largest absolute Gasteiger partial charge is 0.496 e. The summed E-state index contributed by atoms with van der Waals surface area (Å²) in [4.78, 5) is 26.2. The average Bonchev–Trinajstić information content (AvgIpc) is 3.03. The third kappa shape index (κ3) is 3.61. The van der Waals surface area contributed by atoms with Gasteiger partial charge < -0.3 is 15.0 Å². The van der Waals surface area contributed by atoms with E-state index in [1.165, 1.54) is 0 Å². The highest BCUT2D eigenvalue weighted by Gasteiger charge is 2.22. The molecule has 0 atom stereocenters. The molecule has 1 saturated heterocycles. The van der Waals surface area contributed by atoms with Gasteiger partial charge in [-0.2, -0.15) is 0 Å². The first-order valence-corrected chi connectivity index (χ1v) is 8.43. The molecule has 0 aliphatic carbocycles. The molecule has 5 nitrogen and oxygen atoms in total. The number of anilines is 2. The molecule has 0 saturated carbocycles. The number of methoxy groups -OCH3 is 1. The second-order valence-corrected chi connectivity index (χ2v) is 6.36. The molecule has 0 aromatic heterocycles. The molecule has 2 amide bonds. The van der Waals surface area contributed by atoms with Crippen molar-refractivity contribution in [1.29, 1.82) is 0 Å². The van der Waals surface area contributed by atoms with Crippen molar-refractivity contribution in [2.75, 3.05) is 23.9 Å². The number of aryl methyl sites for hydroxylation is 1. The Balaban J connectivity index is 1.84. The summed E-state index contributed by atoms with van der Waals surface area (Å²) in [6.45, 7) is 2.59. The summed E-state index contributed by atoms with van der Waals surface area (Å²) in [5, 5.41) is 3.23. The van der Waals surface area contributed by atoms with Crippen molar-refractivity contribution in [3.05, 3.63) is 52.5 Å². The fourth-order valence-electron chi connectivity index (χ4n) is 2.85. The van der Waals surface area contributed by atoms with Crippen LogP contribution in [0.15, 0.2) is 36.4 Å². The number of ether oxygens (including phenoxy) is 1. The molecular weight excluding hydrogens is 340 g/mol. The number of carbonyl (C=O) groups is 2. The minimum atomic E-state index is -0.287. The quantitative estimate of drug-likeness (QED) is 0.897. The number of benzene rings is 2. The molecule has 6 heteroatoms. The number of amides is 2. The Morgan fingerprint density at radius 1 is 1.24 bits per heavy atom. The van der Waals surface area contributed by atoms with E-state index in [1.54, 1.807) is 42.3 Å². The molecular formula is C19H19ClN2O3. The molecule has 1 N–H and O–H groups in total. The van der Waals surface area contributed by atoms with E-state index in [9.17, 15) is 9.59 Å². The Bertz CT molecular complexity index is 835. The number of nitrogens with one attached hydrogen (secondary N) is 1. The van der Waals surface area contributed by atoms with Crippen LogP contribution in [0, 0.1) is 6.92 Å². The molecule has 3 rings (SSSR count). The predicted molar refractivity (Wildman–Crippen MR) is 98.7 cm³/mol. The highest BCUT2D eigenvalue weighted by molar-refractivity contribution is 6.34. The second-order valence-electron chi connectivity index (χ2n) is 5.95. The first kappa shape index (κ1) is 17.3. The summed E-state index contributed by atoms with van der Waals surface area (Å²) in [5.41, 5.74) is 2.64. The van der Waals surface area contributed by atoms with Gasteiger partial charge in [0.25, 0.3) is 5.91 Å². The van der Waals surface area contributed by atoms with Gasteiger partial charge in [-0.05, 0) is 49.2 Å². The van der Waals surface area contributed by atoms with E-state index < -0.39 is 0 Å². The maximum atomic E-state index is 12.5. The third-order valence-corrected chi connectivity index (χ3v) is 4.58. The smallest absolute Gasteiger partial charge is 0.255 e. The standard InChI is InChI=1S/C19H19ClN2O3/c1-12-5-6-13(10-17(12)25-2)19(24)21-16-11-14(7-8-15(16)20)22-9-3-4-18(22)23/h5-8,10-11H,3-4,9H2,1-2H3,(H,21,24). The van der Waals surface area contributed by atoms with Crippen molar-refractivity contribution in [2.45, 2.75) is 19.8 Å². The number of halogens is 1. The lowest BCUT2D eigenvalue weighted by Gasteiger charge is -2.17. The van der Waals surface area contributed by atoms with E-state index in [2.05, 4.69) is 5.32 Å². The molecule has 2 aromatic rings. The number of hydrogen-bond donors (Lipinski definition) is 1. The molecule has 1 heterocycles. The van der Waals surface area contributed by atoms with Crippen LogP contribution in [0.25, 0.3) is 0 Å². The maximum absolute atomic E-state index is 12.5. The minimum Gasteiger partial charge on any atom is -0.496 e. The van der Waals surface area contributed by atoms with E-state index in [4.69, 9.17) is 16.3 Å². The lowest BCUT2D eigenvalue weighted by molar-refractivity contribution is -0.117. The first-order valence-electron chi connectivity index (χ1n) is 8.05. The number of nitrogens with zero attached hydrogens (tertiary/aromatic N) is 1. The average molecular weight is 359 g/mol. The zero-order valence-corrected chi connectivity index (χ0v) is 14.9. The van der Waals surface area contributed by atoms with Gasteiger partial charge in [-0.3, -0.25) is 9.59 Å². The first-order chi connectivity index (χ1) is 12.0.